The number of ketones is 1. The molecule has 2 saturated heterocycles. The van der Waals surface area contributed by atoms with Crippen molar-refractivity contribution in [2.24, 2.45) is 0 Å². The third-order valence-electron chi connectivity index (χ3n) is 5.28. The quantitative estimate of drug-likeness (QED) is 0.698. The minimum absolute atomic E-state index is 0.103. The van der Waals surface area contributed by atoms with Crippen LogP contribution in [0.1, 0.15) is 34.3 Å². The highest BCUT2D eigenvalue weighted by Crippen LogP contribution is 2.32. The van der Waals surface area contributed by atoms with Crippen molar-refractivity contribution >= 4 is 29.0 Å². The van der Waals surface area contributed by atoms with Crippen LogP contribution in [0.25, 0.3) is 0 Å². The zero-order valence-corrected chi connectivity index (χ0v) is 16.4. The van der Waals surface area contributed by atoms with E-state index in [1.165, 1.54) is 0 Å². The number of nitrogens with zero attached hydrogens (tertiary/aromatic N) is 1. The van der Waals surface area contributed by atoms with Gasteiger partial charge in [-0.2, -0.15) is 0 Å². The molecule has 0 radical (unpaired) electrons. The molecule has 142 valence electrons. The van der Waals surface area contributed by atoms with Crippen LogP contribution in [-0.2, 0) is 16.0 Å². The number of benzene rings is 2. The number of likely N-dealkylation sites (tertiary alicyclic amines) is 1. The molecule has 4 nitrogen and oxygen atoms in total. The Balaban J connectivity index is 1.52. The highest BCUT2D eigenvalue weighted by Gasteiger charge is 2.39. The lowest BCUT2D eigenvalue weighted by atomic mass is 9.96. The van der Waals surface area contributed by atoms with Gasteiger partial charge in [0.05, 0.1) is 23.3 Å². The Hall–Kier alpha value is -1.43. The summed E-state index contributed by atoms with van der Waals surface area (Å²) in [6.45, 7) is 3.81. The topological polar surface area (TPSA) is 38.8 Å². The molecule has 2 aromatic carbocycles. The summed E-state index contributed by atoms with van der Waals surface area (Å²) in [6.07, 6.45) is 1.70. The predicted octanol–water partition coefficient (Wildman–Crippen LogP) is 4.56. The fraction of sp³-hybridized carbons (Fsp3) is 0.381. The van der Waals surface area contributed by atoms with Crippen LogP contribution < -0.4 is 0 Å². The lowest BCUT2D eigenvalue weighted by Crippen LogP contribution is -2.44. The van der Waals surface area contributed by atoms with Crippen LogP contribution in [0.15, 0.2) is 42.5 Å². The molecule has 0 bridgehead atoms. The van der Waals surface area contributed by atoms with E-state index >= 15 is 0 Å². The Morgan fingerprint density at radius 3 is 2.37 bits per heavy atom. The first-order valence-electron chi connectivity index (χ1n) is 9.15. The smallest absolute Gasteiger partial charge is 0.194 e. The maximum absolute atomic E-state index is 13.1. The summed E-state index contributed by atoms with van der Waals surface area (Å²) < 4.78 is 11.6. The zero-order chi connectivity index (χ0) is 18.9. The first kappa shape index (κ1) is 18.9. The van der Waals surface area contributed by atoms with E-state index in [-0.39, 0.29) is 11.6 Å². The van der Waals surface area contributed by atoms with E-state index in [2.05, 4.69) is 4.90 Å². The average molecular weight is 406 g/mol. The van der Waals surface area contributed by atoms with Crippen molar-refractivity contribution in [1.29, 1.82) is 0 Å². The molecule has 2 heterocycles. The fourth-order valence-electron chi connectivity index (χ4n) is 3.78. The molecule has 2 aromatic rings. The molecule has 0 unspecified atom stereocenters. The van der Waals surface area contributed by atoms with Gasteiger partial charge in [0.1, 0.15) is 0 Å². The van der Waals surface area contributed by atoms with E-state index in [4.69, 9.17) is 32.7 Å². The molecule has 1 spiro atoms. The molecule has 0 aliphatic carbocycles. The number of rotatable bonds is 4. The Kier molecular flexibility index (Phi) is 5.53. The molecular weight excluding hydrogens is 385 g/mol. The van der Waals surface area contributed by atoms with Crippen molar-refractivity contribution in [3.05, 3.63) is 69.2 Å². The summed E-state index contributed by atoms with van der Waals surface area (Å²) in [5.74, 6) is -0.491. The summed E-state index contributed by atoms with van der Waals surface area (Å²) in [5.41, 5.74) is 2.08. The minimum atomic E-state index is -0.389. The Labute approximate surface area is 169 Å². The summed E-state index contributed by atoms with van der Waals surface area (Å²) in [6, 6.07) is 12.8. The van der Waals surface area contributed by atoms with Crippen LogP contribution >= 0.6 is 23.2 Å². The third kappa shape index (κ3) is 3.91. The fourth-order valence-corrected chi connectivity index (χ4v) is 4.17. The summed E-state index contributed by atoms with van der Waals surface area (Å²) in [5, 5.41) is 0.687. The Morgan fingerprint density at radius 2 is 1.63 bits per heavy atom. The van der Waals surface area contributed by atoms with Crippen LogP contribution in [0.3, 0.4) is 0 Å². The Bertz CT molecular complexity index is 839. The summed E-state index contributed by atoms with van der Waals surface area (Å²) in [4.78, 5) is 15.4. The van der Waals surface area contributed by atoms with Gasteiger partial charge in [-0.25, -0.2) is 0 Å². The van der Waals surface area contributed by atoms with Gasteiger partial charge in [-0.1, -0.05) is 53.5 Å². The van der Waals surface area contributed by atoms with Gasteiger partial charge >= 0.3 is 0 Å². The number of piperidine rings is 1. The van der Waals surface area contributed by atoms with Crippen molar-refractivity contribution in [3.63, 3.8) is 0 Å². The first-order valence-corrected chi connectivity index (χ1v) is 9.90. The maximum atomic E-state index is 13.1. The second-order valence-electron chi connectivity index (χ2n) is 6.97. The van der Waals surface area contributed by atoms with Crippen LogP contribution in [0.5, 0.6) is 0 Å². The largest absolute Gasteiger partial charge is 0.347 e. The summed E-state index contributed by atoms with van der Waals surface area (Å²) >= 11 is 12.3. The molecule has 4 rings (SSSR count). The van der Waals surface area contributed by atoms with E-state index in [0.717, 1.165) is 31.5 Å². The molecule has 0 aromatic heterocycles. The Morgan fingerprint density at radius 1 is 0.963 bits per heavy atom. The third-order valence-corrected chi connectivity index (χ3v) is 6.10. The van der Waals surface area contributed by atoms with Crippen LogP contribution in [0, 0.1) is 0 Å². The molecule has 27 heavy (non-hydrogen) atoms. The van der Waals surface area contributed by atoms with Gasteiger partial charge < -0.3 is 9.47 Å². The lowest BCUT2D eigenvalue weighted by Gasteiger charge is -2.37. The number of hydrogen-bond donors (Lipinski definition) is 0. The standard InChI is InChI=1S/C21H21Cl2NO3/c22-18-7-3-6-17(19(18)23)20(25)16-5-2-1-4-15(16)14-24-10-8-21(9-11-24)26-12-13-27-21/h1-7H,8-14H2. The molecule has 0 saturated carbocycles. The molecule has 6 heteroatoms. The van der Waals surface area contributed by atoms with E-state index < -0.39 is 0 Å². The van der Waals surface area contributed by atoms with Gasteiger partial charge in [0.15, 0.2) is 11.6 Å². The number of ether oxygens (including phenoxy) is 2. The van der Waals surface area contributed by atoms with Crippen LogP contribution in [0.4, 0.5) is 0 Å². The number of carbonyl (C=O) groups excluding carboxylic acids is 1. The van der Waals surface area contributed by atoms with E-state index in [1.807, 2.05) is 24.3 Å². The van der Waals surface area contributed by atoms with E-state index in [0.29, 0.717) is 40.9 Å². The SMILES string of the molecule is O=C(c1ccccc1CN1CCC2(CC1)OCCO2)c1cccc(Cl)c1Cl. The van der Waals surface area contributed by atoms with E-state index in [9.17, 15) is 4.79 Å². The molecule has 0 amide bonds. The van der Waals surface area contributed by atoms with Crippen molar-refractivity contribution in [3.8, 4) is 0 Å². The van der Waals surface area contributed by atoms with Gasteiger partial charge in [0, 0.05) is 43.6 Å². The lowest BCUT2D eigenvalue weighted by molar-refractivity contribution is -0.185. The zero-order valence-electron chi connectivity index (χ0n) is 14.9. The highest BCUT2D eigenvalue weighted by atomic mass is 35.5. The van der Waals surface area contributed by atoms with Crippen molar-refractivity contribution in [2.75, 3.05) is 26.3 Å². The van der Waals surface area contributed by atoms with Gasteiger partial charge in [-0.15, -0.1) is 0 Å². The van der Waals surface area contributed by atoms with Crippen molar-refractivity contribution in [2.45, 2.75) is 25.2 Å². The number of hydrogen-bond acceptors (Lipinski definition) is 4. The number of carbonyl (C=O) groups is 1. The highest BCUT2D eigenvalue weighted by molar-refractivity contribution is 6.44. The van der Waals surface area contributed by atoms with E-state index in [1.54, 1.807) is 18.2 Å². The molecule has 2 aliphatic heterocycles. The summed E-state index contributed by atoms with van der Waals surface area (Å²) in [7, 11) is 0. The molecule has 0 atom stereocenters. The van der Waals surface area contributed by atoms with Gasteiger partial charge in [-0.05, 0) is 17.7 Å². The molecule has 0 N–H and O–H groups in total. The first-order chi connectivity index (χ1) is 13.1. The minimum Gasteiger partial charge on any atom is -0.347 e. The van der Waals surface area contributed by atoms with Crippen LogP contribution in [-0.4, -0.2) is 42.8 Å². The second kappa shape index (κ2) is 7.90. The van der Waals surface area contributed by atoms with Gasteiger partial charge in [0.25, 0.3) is 0 Å². The van der Waals surface area contributed by atoms with Gasteiger partial charge in [-0.3, -0.25) is 9.69 Å². The van der Waals surface area contributed by atoms with Crippen molar-refractivity contribution < 1.29 is 14.3 Å². The monoisotopic (exact) mass is 405 g/mol. The molecule has 2 fully saturated rings. The predicted molar refractivity (Wildman–Crippen MR) is 105 cm³/mol. The van der Waals surface area contributed by atoms with Crippen LogP contribution in [0.2, 0.25) is 10.0 Å². The maximum Gasteiger partial charge on any atom is 0.194 e. The average Bonchev–Trinajstić information content (AvgIpc) is 3.14. The normalized spacial score (nSPS) is 19.5. The molecular formula is C21H21Cl2NO3. The van der Waals surface area contributed by atoms with Gasteiger partial charge in [0.2, 0.25) is 0 Å². The second-order valence-corrected chi connectivity index (χ2v) is 7.76. The number of halogens is 2. The van der Waals surface area contributed by atoms with Crippen molar-refractivity contribution in [1.82, 2.24) is 4.90 Å². The molecule has 2 aliphatic rings.